The van der Waals surface area contributed by atoms with Gasteiger partial charge in [0.25, 0.3) is 5.91 Å². The number of anilines is 1. The zero-order chi connectivity index (χ0) is 22.1. The zero-order valence-corrected chi connectivity index (χ0v) is 18.1. The molecule has 1 fully saturated rings. The van der Waals surface area contributed by atoms with Crippen LogP contribution in [0.2, 0.25) is 0 Å². The Morgan fingerprint density at radius 2 is 1.91 bits per heavy atom. The molecule has 0 bridgehead atoms. The Bertz CT molecular complexity index is 1170. The van der Waals surface area contributed by atoms with Crippen LogP contribution in [0.5, 0.6) is 23.1 Å². The van der Waals surface area contributed by atoms with E-state index < -0.39 is 11.2 Å². The van der Waals surface area contributed by atoms with E-state index in [9.17, 15) is 9.00 Å². The molecule has 1 N–H and O–H groups in total. The van der Waals surface area contributed by atoms with E-state index in [2.05, 4.69) is 15.8 Å². The highest BCUT2D eigenvalue weighted by Gasteiger charge is 2.28. The fourth-order valence-electron chi connectivity index (χ4n) is 3.89. The van der Waals surface area contributed by atoms with Crippen molar-refractivity contribution < 1.29 is 23.2 Å². The number of benzene rings is 2. The quantitative estimate of drug-likeness (QED) is 0.617. The first-order valence-electron chi connectivity index (χ1n) is 10.2. The molecule has 0 spiro atoms. The molecule has 2 heterocycles. The molecule has 0 radical (unpaired) electrons. The normalized spacial score (nSPS) is 19.4. The predicted octanol–water partition coefficient (Wildman–Crippen LogP) is 3.46. The summed E-state index contributed by atoms with van der Waals surface area (Å²) in [4.78, 5) is 15.6. The highest BCUT2D eigenvalue weighted by Crippen LogP contribution is 2.41. The third kappa shape index (κ3) is 3.99. The van der Waals surface area contributed by atoms with Crippen molar-refractivity contribution in [3.8, 4) is 23.1 Å². The minimum absolute atomic E-state index is 0.0787. The lowest BCUT2D eigenvalue weighted by molar-refractivity contribution is -0.117. The predicted molar refractivity (Wildman–Crippen MR) is 119 cm³/mol. The summed E-state index contributed by atoms with van der Waals surface area (Å²) >= 11 is -1.54. The van der Waals surface area contributed by atoms with Crippen molar-refractivity contribution in [2.75, 3.05) is 18.0 Å². The summed E-state index contributed by atoms with van der Waals surface area (Å²) in [6.45, 7) is 0.0787. The van der Waals surface area contributed by atoms with E-state index in [0.717, 1.165) is 29.7 Å². The first kappa shape index (κ1) is 20.3. The molecule has 32 heavy (non-hydrogen) atoms. The average Bonchev–Trinajstić information content (AvgIpc) is 3.38. The summed E-state index contributed by atoms with van der Waals surface area (Å²) < 4.78 is 33.2. The Labute approximate surface area is 187 Å². The highest BCUT2D eigenvalue weighted by atomic mass is 32.2. The zero-order valence-electron chi connectivity index (χ0n) is 17.3. The molecular weight excluding hydrogens is 430 g/mol. The number of carbonyl (C=O) groups excluding carboxylic acids is 1. The smallest absolute Gasteiger partial charge is 0.253 e. The number of aromatic nitrogens is 1. The van der Waals surface area contributed by atoms with Gasteiger partial charge < -0.3 is 14.2 Å². The van der Waals surface area contributed by atoms with Crippen molar-refractivity contribution in [2.45, 2.75) is 18.9 Å². The lowest BCUT2D eigenvalue weighted by atomic mass is 10.1. The molecule has 1 aliphatic heterocycles. The minimum atomic E-state index is -1.54. The van der Waals surface area contributed by atoms with Crippen LogP contribution >= 0.6 is 0 Å². The van der Waals surface area contributed by atoms with Crippen LogP contribution in [0.3, 0.4) is 0 Å². The second kappa shape index (κ2) is 8.51. The first-order valence-corrected chi connectivity index (χ1v) is 11.3. The summed E-state index contributed by atoms with van der Waals surface area (Å²) in [7, 11) is 1.58. The van der Waals surface area contributed by atoms with Gasteiger partial charge in [-0.15, -0.1) is 0 Å². The summed E-state index contributed by atoms with van der Waals surface area (Å²) in [5.74, 6) is 2.43. The van der Waals surface area contributed by atoms with Gasteiger partial charge in [-0.1, -0.05) is 12.1 Å². The van der Waals surface area contributed by atoms with Gasteiger partial charge in [-0.2, -0.15) is 0 Å². The van der Waals surface area contributed by atoms with E-state index >= 15 is 0 Å². The lowest BCUT2D eigenvalue weighted by Gasteiger charge is -2.17. The summed E-state index contributed by atoms with van der Waals surface area (Å²) in [6, 6.07) is 16.8. The minimum Gasteiger partial charge on any atom is -0.486 e. The largest absolute Gasteiger partial charge is 0.486 e. The lowest BCUT2D eigenvalue weighted by Crippen LogP contribution is -2.22. The van der Waals surface area contributed by atoms with Gasteiger partial charge in [-0.25, -0.2) is 9.19 Å². The number of methoxy groups -OCH3 is 1. The van der Waals surface area contributed by atoms with E-state index in [0.29, 0.717) is 23.1 Å². The molecule has 2 atom stereocenters. The molecular formula is C23H21N3O5S. The van der Waals surface area contributed by atoms with Gasteiger partial charge in [-0.05, 0) is 54.8 Å². The monoisotopic (exact) mass is 451 g/mol. The molecule has 164 valence electrons. The number of nitrogens with zero attached hydrogens (tertiary/aromatic N) is 2. The van der Waals surface area contributed by atoms with Crippen LogP contribution in [0, 0.1) is 0 Å². The number of hydrogen-bond donors (Lipinski definition) is 1. The second-order valence-electron chi connectivity index (χ2n) is 7.41. The average molecular weight is 452 g/mol. The van der Waals surface area contributed by atoms with Gasteiger partial charge >= 0.3 is 0 Å². The van der Waals surface area contributed by atoms with Crippen molar-refractivity contribution >= 4 is 22.8 Å². The van der Waals surface area contributed by atoms with Crippen LogP contribution in [0.15, 0.2) is 60.8 Å². The molecule has 0 saturated carbocycles. The number of amides is 1. The van der Waals surface area contributed by atoms with Crippen LogP contribution in [-0.2, 0) is 22.4 Å². The van der Waals surface area contributed by atoms with Crippen LogP contribution in [0.25, 0.3) is 0 Å². The third-order valence-electron chi connectivity index (χ3n) is 5.41. The Balaban J connectivity index is 1.30. The summed E-state index contributed by atoms with van der Waals surface area (Å²) in [5.41, 5.74) is 2.93. The number of rotatable bonds is 6. The second-order valence-corrected chi connectivity index (χ2v) is 8.56. The molecule has 1 unspecified atom stereocenters. The third-order valence-corrected chi connectivity index (χ3v) is 6.55. The van der Waals surface area contributed by atoms with E-state index in [1.807, 2.05) is 30.3 Å². The molecule has 1 aromatic heterocycles. The SMILES string of the molecule is COc1ccc(Oc2cccc3c2CC[C@H]3Oc2ccc(N3CC(=O)NS3=O)cc2)cn1. The van der Waals surface area contributed by atoms with Crippen LogP contribution in [0.4, 0.5) is 5.69 Å². The van der Waals surface area contributed by atoms with Gasteiger partial charge in [0.2, 0.25) is 17.1 Å². The van der Waals surface area contributed by atoms with E-state index in [1.54, 1.807) is 31.5 Å². The summed E-state index contributed by atoms with van der Waals surface area (Å²) in [6.07, 6.45) is 3.24. The molecule has 2 aromatic carbocycles. The number of carbonyl (C=O) groups is 1. The number of fused-ring (bicyclic) bond motifs is 1. The van der Waals surface area contributed by atoms with Crippen LogP contribution < -0.4 is 23.2 Å². The standard InChI is InChI=1S/C23H21N3O5S/c1-29-23-12-9-17(13-24-23)31-20-4-2-3-18-19(20)10-11-21(18)30-16-7-5-15(6-8-16)26-14-22(27)25-32(26)28/h2-9,12-13,21H,10-11,14H2,1H3,(H,25,27)/t21-,32?/m1/s1. The topological polar surface area (TPSA) is 90.0 Å². The highest BCUT2D eigenvalue weighted by molar-refractivity contribution is 7.85. The molecule has 3 aromatic rings. The Morgan fingerprint density at radius 3 is 2.59 bits per heavy atom. The van der Waals surface area contributed by atoms with Crippen molar-refractivity contribution in [3.63, 3.8) is 0 Å². The fraction of sp³-hybridized carbons (Fsp3) is 0.217. The molecule has 5 rings (SSSR count). The van der Waals surface area contributed by atoms with E-state index in [1.165, 1.54) is 4.31 Å². The van der Waals surface area contributed by atoms with E-state index in [4.69, 9.17) is 14.2 Å². The van der Waals surface area contributed by atoms with Gasteiger partial charge in [0.1, 0.15) is 29.9 Å². The number of ether oxygens (including phenoxy) is 3. The van der Waals surface area contributed by atoms with Gasteiger partial charge in [-0.3, -0.25) is 13.8 Å². The number of pyridine rings is 1. The van der Waals surface area contributed by atoms with Crippen molar-refractivity contribution in [3.05, 3.63) is 71.9 Å². The van der Waals surface area contributed by atoms with Crippen molar-refractivity contribution in [2.24, 2.45) is 0 Å². The van der Waals surface area contributed by atoms with Crippen molar-refractivity contribution in [1.82, 2.24) is 9.71 Å². The summed E-state index contributed by atoms with van der Waals surface area (Å²) in [5, 5.41) is 0. The first-order chi connectivity index (χ1) is 15.6. The molecule has 1 saturated heterocycles. The fourth-order valence-corrected chi connectivity index (χ4v) is 4.81. The van der Waals surface area contributed by atoms with Crippen LogP contribution in [0.1, 0.15) is 23.7 Å². The Kier molecular flexibility index (Phi) is 5.40. The molecule has 2 aliphatic rings. The van der Waals surface area contributed by atoms with E-state index in [-0.39, 0.29) is 18.6 Å². The maximum Gasteiger partial charge on any atom is 0.253 e. The van der Waals surface area contributed by atoms with Crippen molar-refractivity contribution in [1.29, 1.82) is 0 Å². The number of hydrogen-bond acceptors (Lipinski definition) is 6. The molecule has 1 aliphatic carbocycles. The molecule has 1 amide bonds. The Morgan fingerprint density at radius 1 is 1.09 bits per heavy atom. The maximum absolute atomic E-state index is 11.9. The molecule has 9 heteroatoms. The van der Waals surface area contributed by atoms with Gasteiger partial charge in [0.05, 0.1) is 19.0 Å². The van der Waals surface area contributed by atoms with Gasteiger partial charge in [0.15, 0.2) is 0 Å². The Hall–Kier alpha value is -3.59. The van der Waals surface area contributed by atoms with Gasteiger partial charge in [0, 0.05) is 11.6 Å². The van der Waals surface area contributed by atoms with Crippen LogP contribution in [-0.4, -0.2) is 28.8 Å². The maximum atomic E-state index is 11.9. The number of nitrogens with one attached hydrogen (secondary N) is 1. The molecule has 8 nitrogen and oxygen atoms in total.